The van der Waals surface area contributed by atoms with Gasteiger partial charge < -0.3 is 15.2 Å². The predicted octanol–water partition coefficient (Wildman–Crippen LogP) is 3.56. The fourth-order valence-electron chi connectivity index (χ4n) is 5.29. The van der Waals surface area contributed by atoms with Crippen LogP contribution in [0.4, 0.5) is 5.69 Å². The quantitative estimate of drug-likeness (QED) is 0.584. The number of nitrogens with zero attached hydrogens (tertiary/aromatic N) is 1. The van der Waals surface area contributed by atoms with Gasteiger partial charge in [0.05, 0.1) is 19.1 Å². The molecule has 1 aromatic rings. The van der Waals surface area contributed by atoms with Gasteiger partial charge in [0.15, 0.2) is 0 Å². The van der Waals surface area contributed by atoms with Gasteiger partial charge in [-0.2, -0.15) is 0 Å². The van der Waals surface area contributed by atoms with Gasteiger partial charge in [-0.3, -0.25) is 0 Å². The van der Waals surface area contributed by atoms with Crippen molar-refractivity contribution in [3.63, 3.8) is 0 Å². The van der Waals surface area contributed by atoms with Crippen molar-refractivity contribution in [1.82, 2.24) is 0 Å². The molecule has 4 atom stereocenters. The number of nitrogens with one attached hydrogen (secondary N) is 1. The van der Waals surface area contributed by atoms with Gasteiger partial charge in [-0.05, 0) is 29.4 Å². The Balaban J connectivity index is 1.82. The predicted molar refractivity (Wildman–Crippen MR) is 86.1 cm³/mol. The highest BCUT2D eigenvalue weighted by atomic mass is 16.5. The molecule has 0 saturated carbocycles. The van der Waals surface area contributed by atoms with Crippen LogP contribution in [0.25, 0.3) is 0 Å². The summed E-state index contributed by atoms with van der Waals surface area (Å²) in [5.74, 6) is 0.579. The van der Waals surface area contributed by atoms with E-state index in [4.69, 9.17) is 0 Å². The lowest BCUT2D eigenvalue weighted by Gasteiger charge is -2.58. The molecule has 3 heteroatoms. The maximum absolute atomic E-state index is 13.0. The SMILES string of the molecule is Cc1cccc2c1N[C@H]1[C@@H](CC[N+]3([O-])CCC[C@@H]13)C2(C)C. The minimum atomic E-state index is 0.0610. The zero-order chi connectivity index (χ0) is 14.8. The van der Waals surface area contributed by atoms with Crippen LogP contribution >= 0.6 is 0 Å². The number of hydroxylamine groups is 3. The summed E-state index contributed by atoms with van der Waals surface area (Å²) in [6.45, 7) is 8.58. The molecule has 1 aromatic carbocycles. The van der Waals surface area contributed by atoms with E-state index in [1.807, 2.05) is 0 Å². The van der Waals surface area contributed by atoms with Gasteiger partial charge in [-0.15, -0.1) is 0 Å². The molecule has 3 nitrogen and oxygen atoms in total. The first-order valence-corrected chi connectivity index (χ1v) is 8.38. The third kappa shape index (κ3) is 1.74. The average molecular weight is 286 g/mol. The van der Waals surface area contributed by atoms with E-state index in [1.54, 1.807) is 0 Å². The molecule has 0 spiro atoms. The highest BCUT2D eigenvalue weighted by Crippen LogP contribution is 2.51. The van der Waals surface area contributed by atoms with Crippen molar-refractivity contribution >= 4 is 5.69 Å². The second kappa shape index (κ2) is 4.23. The third-order valence-corrected chi connectivity index (χ3v) is 6.51. The zero-order valence-electron chi connectivity index (χ0n) is 13.4. The summed E-state index contributed by atoms with van der Waals surface area (Å²) >= 11 is 0. The molecule has 21 heavy (non-hydrogen) atoms. The summed E-state index contributed by atoms with van der Waals surface area (Å²) in [6.07, 6.45) is 3.24. The number of rotatable bonds is 0. The van der Waals surface area contributed by atoms with Crippen LogP contribution in [-0.4, -0.2) is 29.8 Å². The van der Waals surface area contributed by atoms with Gasteiger partial charge in [0.2, 0.25) is 0 Å². The monoisotopic (exact) mass is 286 g/mol. The van der Waals surface area contributed by atoms with Gasteiger partial charge in [0.25, 0.3) is 0 Å². The Morgan fingerprint density at radius 1 is 1.24 bits per heavy atom. The number of piperidine rings is 1. The summed E-state index contributed by atoms with van der Waals surface area (Å²) in [7, 11) is 0. The van der Waals surface area contributed by atoms with E-state index in [2.05, 4.69) is 44.3 Å². The molecule has 0 radical (unpaired) electrons. The Morgan fingerprint density at radius 2 is 2.05 bits per heavy atom. The first-order valence-electron chi connectivity index (χ1n) is 8.38. The van der Waals surface area contributed by atoms with E-state index in [0.29, 0.717) is 12.0 Å². The molecule has 2 fully saturated rings. The van der Waals surface area contributed by atoms with Crippen molar-refractivity contribution in [2.45, 2.75) is 57.5 Å². The Morgan fingerprint density at radius 3 is 2.86 bits per heavy atom. The molecule has 0 bridgehead atoms. The number of hydrogen-bond acceptors (Lipinski definition) is 2. The van der Waals surface area contributed by atoms with E-state index in [-0.39, 0.29) is 16.1 Å². The lowest BCUT2D eigenvalue weighted by molar-refractivity contribution is -0.899. The third-order valence-electron chi connectivity index (χ3n) is 6.51. The second-order valence-electron chi connectivity index (χ2n) is 7.89. The van der Waals surface area contributed by atoms with E-state index < -0.39 is 0 Å². The molecule has 114 valence electrons. The van der Waals surface area contributed by atoms with Crippen LogP contribution < -0.4 is 5.32 Å². The maximum atomic E-state index is 13.0. The van der Waals surface area contributed by atoms with Crippen molar-refractivity contribution in [2.75, 3.05) is 18.4 Å². The molecule has 1 N–H and O–H groups in total. The van der Waals surface area contributed by atoms with Gasteiger partial charge in [-0.25, -0.2) is 0 Å². The van der Waals surface area contributed by atoms with Crippen LogP contribution in [-0.2, 0) is 5.41 Å². The Kier molecular flexibility index (Phi) is 2.74. The highest BCUT2D eigenvalue weighted by molar-refractivity contribution is 5.63. The molecule has 1 unspecified atom stereocenters. The van der Waals surface area contributed by atoms with E-state index in [9.17, 15) is 5.21 Å². The lowest BCUT2D eigenvalue weighted by Crippen LogP contribution is -2.65. The Hall–Kier alpha value is -1.06. The second-order valence-corrected chi connectivity index (χ2v) is 7.89. The van der Waals surface area contributed by atoms with Gasteiger partial charge in [-0.1, -0.05) is 32.0 Å². The van der Waals surface area contributed by atoms with Crippen molar-refractivity contribution in [3.8, 4) is 0 Å². The molecule has 3 aliphatic heterocycles. The van der Waals surface area contributed by atoms with E-state index in [0.717, 1.165) is 32.4 Å². The molecule has 4 rings (SSSR count). The van der Waals surface area contributed by atoms with Gasteiger partial charge >= 0.3 is 0 Å². The Labute approximate surface area is 127 Å². The number of hydrogen-bond donors (Lipinski definition) is 1. The van der Waals surface area contributed by atoms with Crippen molar-refractivity contribution in [1.29, 1.82) is 0 Å². The highest BCUT2D eigenvalue weighted by Gasteiger charge is 2.54. The molecule has 3 aliphatic rings. The fourth-order valence-corrected chi connectivity index (χ4v) is 5.29. The summed E-state index contributed by atoms with van der Waals surface area (Å²) in [4.78, 5) is 0. The Bertz CT molecular complexity index is 583. The smallest absolute Gasteiger partial charge is 0.110 e. The average Bonchev–Trinajstić information content (AvgIpc) is 2.82. The zero-order valence-corrected chi connectivity index (χ0v) is 13.4. The maximum Gasteiger partial charge on any atom is 0.110 e. The van der Waals surface area contributed by atoms with Crippen LogP contribution in [0.1, 0.15) is 44.2 Å². The molecular weight excluding hydrogens is 260 g/mol. The van der Waals surface area contributed by atoms with Crippen LogP contribution in [0.15, 0.2) is 18.2 Å². The fraction of sp³-hybridized carbons (Fsp3) is 0.667. The van der Waals surface area contributed by atoms with E-state index >= 15 is 0 Å². The van der Waals surface area contributed by atoms with Crippen molar-refractivity contribution in [3.05, 3.63) is 34.5 Å². The van der Waals surface area contributed by atoms with Gasteiger partial charge in [0.1, 0.15) is 6.04 Å². The molecule has 3 heterocycles. The summed E-state index contributed by atoms with van der Waals surface area (Å²) < 4.78 is 0.0610. The molecule has 0 aliphatic carbocycles. The van der Waals surface area contributed by atoms with E-state index in [1.165, 1.54) is 16.8 Å². The number of aryl methyl sites for hydroxylation is 1. The van der Waals surface area contributed by atoms with Crippen molar-refractivity contribution in [2.24, 2.45) is 5.92 Å². The summed E-state index contributed by atoms with van der Waals surface area (Å²) in [6, 6.07) is 7.23. The number of quaternary nitrogens is 1. The summed E-state index contributed by atoms with van der Waals surface area (Å²) in [5, 5.41) is 16.8. The van der Waals surface area contributed by atoms with Crippen LogP contribution in [0, 0.1) is 18.0 Å². The number of fused-ring (bicyclic) bond motifs is 4. The molecular formula is C18H26N2O. The number of anilines is 1. The van der Waals surface area contributed by atoms with Crippen molar-refractivity contribution < 1.29 is 4.65 Å². The normalized spacial score (nSPS) is 39.9. The number of benzene rings is 1. The lowest BCUT2D eigenvalue weighted by atomic mass is 9.62. The van der Waals surface area contributed by atoms with Crippen LogP contribution in [0.5, 0.6) is 0 Å². The van der Waals surface area contributed by atoms with Crippen LogP contribution in [0.2, 0.25) is 0 Å². The molecule has 0 amide bonds. The topological polar surface area (TPSA) is 35.1 Å². The molecule has 0 aromatic heterocycles. The number of para-hydroxylation sites is 1. The first kappa shape index (κ1) is 13.6. The van der Waals surface area contributed by atoms with Gasteiger partial charge in [0, 0.05) is 24.9 Å². The summed E-state index contributed by atoms with van der Waals surface area (Å²) in [5.41, 5.74) is 4.20. The standard InChI is InChI=1S/C18H26N2O/c1-12-6-4-7-13-16(12)19-17-14(18(13,2)3)9-11-20(21)10-5-8-15(17)20/h4,6-7,14-15,17,19H,5,8-11H2,1-3H3/t14-,15+,17+,20?/m1/s1. The largest absolute Gasteiger partial charge is 0.633 e. The first-order chi connectivity index (χ1) is 9.93. The molecule has 2 saturated heterocycles. The minimum Gasteiger partial charge on any atom is -0.633 e. The minimum absolute atomic E-state index is 0.0610. The van der Waals surface area contributed by atoms with Crippen LogP contribution in [0.3, 0.4) is 0 Å².